The summed E-state index contributed by atoms with van der Waals surface area (Å²) in [5, 5.41) is 0. The van der Waals surface area contributed by atoms with Gasteiger partial charge >= 0.3 is 0 Å². The van der Waals surface area contributed by atoms with Crippen LogP contribution < -0.4 is 0 Å². The Labute approximate surface area is 96.5 Å². The topological polar surface area (TPSA) is 18.5 Å². The van der Waals surface area contributed by atoms with Crippen LogP contribution in [0, 0.1) is 5.92 Å². The minimum atomic E-state index is 0.630. The summed E-state index contributed by atoms with van der Waals surface area (Å²) in [6.07, 6.45) is 3.32. The van der Waals surface area contributed by atoms with Gasteiger partial charge in [0.2, 0.25) is 0 Å². The average molecular weight is 267 g/mol. The lowest BCUT2D eigenvalue weighted by Crippen LogP contribution is -2.13. The molecule has 0 aliphatic heterocycles. The van der Waals surface area contributed by atoms with Gasteiger partial charge in [-0.3, -0.25) is 0 Å². The molecular weight excluding hydrogens is 244 g/mol. The Morgan fingerprint density at radius 3 is 2.50 bits per heavy atom. The Bertz CT molecular complexity index is 120. The zero-order chi connectivity index (χ0) is 10.8. The molecule has 0 amide bonds. The van der Waals surface area contributed by atoms with Crippen molar-refractivity contribution in [3.8, 4) is 0 Å². The molecule has 0 rings (SSSR count). The first-order valence-electron chi connectivity index (χ1n) is 5.43. The lowest BCUT2D eigenvalue weighted by Gasteiger charge is -2.16. The highest BCUT2D eigenvalue weighted by Crippen LogP contribution is 2.19. The summed E-state index contributed by atoms with van der Waals surface area (Å²) in [5.74, 6) is 0.697. The fourth-order valence-corrected chi connectivity index (χ4v) is 1.52. The molecule has 0 saturated heterocycles. The second-order valence-corrected chi connectivity index (χ2v) is 4.83. The van der Waals surface area contributed by atoms with Gasteiger partial charge in [-0.15, -0.1) is 0 Å². The van der Waals surface area contributed by atoms with E-state index >= 15 is 0 Å². The van der Waals surface area contributed by atoms with Gasteiger partial charge in [0.15, 0.2) is 0 Å². The van der Waals surface area contributed by atoms with Crippen LogP contribution >= 0.6 is 15.9 Å². The van der Waals surface area contributed by atoms with Crippen molar-refractivity contribution < 1.29 is 9.47 Å². The van der Waals surface area contributed by atoms with Gasteiger partial charge in [0, 0.05) is 31.8 Å². The summed E-state index contributed by atoms with van der Waals surface area (Å²) in [6, 6.07) is 0. The second kappa shape index (κ2) is 9.94. The van der Waals surface area contributed by atoms with E-state index < -0.39 is 0 Å². The van der Waals surface area contributed by atoms with Crippen molar-refractivity contribution in [3.05, 3.63) is 0 Å². The van der Waals surface area contributed by atoms with Crippen LogP contribution in [0.5, 0.6) is 0 Å². The van der Waals surface area contributed by atoms with Crippen LogP contribution in [0.2, 0.25) is 0 Å². The highest BCUT2D eigenvalue weighted by atomic mass is 79.9. The number of ether oxygens (including phenoxy) is 2. The van der Waals surface area contributed by atoms with Crippen LogP contribution in [0.1, 0.15) is 33.1 Å². The summed E-state index contributed by atoms with van der Waals surface area (Å²) >= 11 is 3.66. The summed E-state index contributed by atoms with van der Waals surface area (Å²) < 4.78 is 10.4. The highest BCUT2D eigenvalue weighted by Gasteiger charge is 2.10. The van der Waals surface area contributed by atoms with E-state index in [9.17, 15) is 0 Å². The van der Waals surface area contributed by atoms with Gasteiger partial charge < -0.3 is 9.47 Å². The van der Waals surface area contributed by atoms with E-state index in [2.05, 4.69) is 29.8 Å². The molecule has 3 heteroatoms. The van der Waals surface area contributed by atoms with Gasteiger partial charge in [0.1, 0.15) is 0 Å². The third kappa shape index (κ3) is 7.77. The smallest absolute Gasteiger partial charge is 0.0487 e. The van der Waals surface area contributed by atoms with Gasteiger partial charge in [0.05, 0.1) is 0 Å². The Balaban J connectivity index is 3.18. The van der Waals surface area contributed by atoms with Crippen LogP contribution in [0.25, 0.3) is 0 Å². The molecular formula is C11H23BrO2. The third-order valence-electron chi connectivity index (χ3n) is 2.36. The number of hydrogen-bond acceptors (Lipinski definition) is 2. The Kier molecular flexibility index (Phi) is 10.2. The van der Waals surface area contributed by atoms with Crippen LogP contribution in [0.15, 0.2) is 0 Å². The van der Waals surface area contributed by atoms with E-state index in [0.29, 0.717) is 10.7 Å². The molecule has 2 atom stereocenters. The van der Waals surface area contributed by atoms with Gasteiger partial charge in [0.25, 0.3) is 0 Å². The van der Waals surface area contributed by atoms with E-state index in [-0.39, 0.29) is 0 Å². The molecule has 0 N–H and O–H groups in total. The molecule has 0 saturated carbocycles. The summed E-state index contributed by atoms with van der Waals surface area (Å²) in [5.41, 5.74) is 0. The number of halogens is 1. The number of methoxy groups -OCH3 is 1. The molecule has 0 heterocycles. The number of alkyl halides is 1. The van der Waals surface area contributed by atoms with Crippen LogP contribution in [0.3, 0.4) is 0 Å². The first kappa shape index (κ1) is 14.4. The fraction of sp³-hybridized carbons (Fsp3) is 1.00. The molecule has 86 valence electrons. The minimum Gasteiger partial charge on any atom is -0.385 e. The molecule has 0 aliphatic carbocycles. The Morgan fingerprint density at radius 2 is 1.93 bits per heavy atom. The van der Waals surface area contributed by atoms with Crippen molar-refractivity contribution in [2.45, 2.75) is 37.9 Å². The standard InChI is InChI=1S/C11H23BrO2/c1-4-11(12)10(2)6-9-14-8-5-7-13-3/h10-11H,4-9H2,1-3H3. The maximum absolute atomic E-state index is 5.50. The molecule has 0 bridgehead atoms. The minimum absolute atomic E-state index is 0.630. The monoisotopic (exact) mass is 266 g/mol. The SMILES string of the molecule is CCC(Br)C(C)CCOCCCOC. The van der Waals surface area contributed by atoms with Crippen molar-refractivity contribution in [3.63, 3.8) is 0 Å². The molecule has 0 fully saturated rings. The lowest BCUT2D eigenvalue weighted by atomic mass is 10.0. The zero-order valence-electron chi connectivity index (χ0n) is 9.59. The first-order valence-corrected chi connectivity index (χ1v) is 6.34. The van der Waals surface area contributed by atoms with Crippen LogP contribution in [-0.4, -0.2) is 31.8 Å². The maximum Gasteiger partial charge on any atom is 0.0487 e. The molecule has 2 nitrogen and oxygen atoms in total. The predicted molar refractivity (Wildman–Crippen MR) is 64.1 cm³/mol. The third-order valence-corrected chi connectivity index (χ3v) is 3.91. The summed E-state index contributed by atoms with van der Waals surface area (Å²) in [7, 11) is 1.72. The summed E-state index contributed by atoms with van der Waals surface area (Å²) in [6.45, 7) is 6.95. The van der Waals surface area contributed by atoms with Gasteiger partial charge in [-0.05, 0) is 25.2 Å². The number of rotatable bonds is 9. The van der Waals surface area contributed by atoms with Crippen LogP contribution in [-0.2, 0) is 9.47 Å². The highest BCUT2D eigenvalue weighted by molar-refractivity contribution is 9.09. The van der Waals surface area contributed by atoms with E-state index in [0.717, 1.165) is 32.7 Å². The maximum atomic E-state index is 5.50. The van der Waals surface area contributed by atoms with Gasteiger partial charge in [-0.2, -0.15) is 0 Å². The summed E-state index contributed by atoms with van der Waals surface area (Å²) in [4.78, 5) is 0.630. The molecule has 0 aliphatic rings. The normalized spacial score (nSPS) is 15.4. The predicted octanol–water partition coefficient (Wildman–Crippen LogP) is 3.24. The largest absolute Gasteiger partial charge is 0.385 e. The van der Waals surface area contributed by atoms with E-state index in [1.807, 2.05) is 0 Å². The van der Waals surface area contributed by atoms with Crippen molar-refractivity contribution in [2.75, 3.05) is 26.9 Å². The molecule has 0 radical (unpaired) electrons. The molecule has 2 unspecified atom stereocenters. The molecule has 14 heavy (non-hydrogen) atoms. The van der Waals surface area contributed by atoms with Crippen molar-refractivity contribution >= 4 is 15.9 Å². The second-order valence-electron chi connectivity index (χ2n) is 3.65. The Morgan fingerprint density at radius 1 is 1.21 bits per heavy atom. The molecule has 0 aromatic rings. The molecule has 0 aromatic carbocycles. The molecule has 0 aromatic heterocycles. The van der Waals surface area contributed by atoms with Crippen molar-refractivity contribution in [1.29, 1.82) is 0 Å². The first-order chi connectivity index (χ1) is 6.72. The van der Waals surface area contributed by atoms with Crippen molar-refractivity contribution in [2.24, 2.45) is 5.92 Å². The van der Waals surface area contributed by atoms with Crippen LogP contribution in [0.4, 0.5) is 0 Å². The van der Waals surface area contributed by atoms with Gasteiger partial charge in [-0.1, -0.05) is 29.8 Å². The molecule has 0 spiro atoms. The average Bonchev–Trinajstić information content (AvgIpc) is 2.21. The van der Waals surface area contributed by atoms with E-state index in [4.69, 9.17) is 9.47 Å². The fourth-order valence-electron chi connectivity index (χ4n) is 1.26. The quantitative estimate of drug-likeness (QED) is 0.471. The zero-order valence-corrected chi connectivity index (χ0v) is 11.2. The van der Waals surface area contributed by atoms with Gasteiger partial charge in [-0.25, -0.2) is 0 Å². The van der Waals surface area contributed by atoms with Crippen molar-refractivity contribution in [1.82, 2.24) is 0 Å². The van der Waals surface area contributed by atoms with E-state index in [1.54, 1.807) is 7.11 Å². The number of hydrogen-bond donors (Lipinski definition) is 0. The van der Waals surface area contributed by atoms with E-state index in [1.165, 1.54) is 6.42 Å². The lowest BCUT2D eigenvalue weighted by molar-refractivity contribution is 0.0948. The Hall–Kier alpha value is 0.400.